The van der Waals surface area contributed by atoms with Crippen molar-refractivity contribution in [3.63, 3.8) is 0 Å². The Kier molecular flexibility index (Phi) is 5.38. The second kappa shape index (κ2) is 6.57. The van der Waals surface area contributed by atoms with E-state index in [-0.39, 0.29) is 18.3 Å². The zero-order chi connectivity index (χ0) is 11.4. The molecule has 94 valence electrons. The fourth-order valence-electron chi connectivity index (χ4n) is 1.63. The van der Waals surface area contributed by atoms with Crippen molar-refractivity contribution in [1.29, 1.82) is 0 Å². The Labute approximate surface area is 107 Å². The molecule has 0 atom stereocenters. The van der Waals surface area contributed by atoms with Gasteiger partial charge >= 0.3 is 0 Å². The molecule has 4 nitrogen and oxygen atoms in total. The van der Waals surface area contributed by atoms with Gasteiger partial charge in [-0.25, -0.2) is 0 Å². The number of carbonyl (C=O) groups excluding carboxylic acids is 1. The van der Waals surface area contributed by atoms with Gasteiger partial charge in [0.15, 0.2) is 0 Å². The summed E-state index contributed by atoms with van der Waals surface area (Å²) in [5.74, 6) is 0.815. The van der Waals surface area contributed by atoms with Crippen molar-refractivity contribution in [2.75, 3.05) is 6.54 Å². The number of rotatable bonds is 5. The van der Waals surface area contributed by atoms with E-state index in [1.54, 1.807) is 18.3 Å². The molecule has 1 fully saturated rings. The Bertz CT molecular complexity index is 380. The van der Waals surface area contributed by atoms with E-state index in [9.17, 15) is 4.79 Å². The van der Waals surface area contributed by atoms with Crippen LogP contribution in [-0.2, 0) is 6.54 Å². The lowest BCUT2D eigenvalue weighted by Gasteiger charge is -2.05. The van der Waals surface area contributed by atoms with Gasteiger partial charge in [-0.3, -0.25) is 9.78 Å². The first-order chi connectivity index (χ1) is 7.79. The lowest BCUT2D eigenvalue weighted by atomic mass is 10.2. The Balaban J connectivity index is 0.00000144. The van der Waals surface area contributed by atoms with Gasteiger partial charge in [-0.2, -0.15) is 0 Å². The van der Waals surface area contributed by atoms with Gasteiger partial charge in [0.1, 0.15) is 0 Å². The van der Waals surface area contributed by atoms with E-state index in [1.165, 1.54) is 12.8 Å². The normalized spacial score (nSPS) is 13.9. The first-order valence-corrected chi connectivity index (χ1v) is 5.73. The first-order valence-electron chi connectivity index (χ1n) is 5.73. The fourth-order valence-corrected chi connectivity index (χ4v) is 1.63. The number of hydrogen-bond donors (Lipinski definition) is 2. The Morgan fingerprint density at radius 1 is 1.53 bits per heavy atom. The largest absolute Gasteiger partial charge is 0.352 e. The number of nitrogens with two attached hydrogens (primary N) is 1. The van der Waals surface area contributed by atoms with Crippen LogP contribution in [0.3, 0.4) is 0 Å². The van der Waals surface area contributed by atoms with E-state index < -0.39 is 0 Å². The lowest BCUT2D eigenvalue weighted by molar-refractivity contribution is 0.0952. The zero-order valence-corrected chi connectivity index (χ0v) is 10.5. The number of nitrogens with zero attached hydrogens (tertiary/aromatic N) is 1. The number of nitrogens with one attached hydrogen (secondary N) is 1. The predicted molar refractivity (Wildman–Crippen MR) is 69.1 cm³/mol. The van der Waals surface area contributed by atoms with Crippen molar-refractivity contribution in [3.05, 3.63) is 29.6 Å². The topological polar surface area (TPSA) is 68.0 Å². The van der Waals surface area contributed by atoms with Gasteiger partial charge in [0.25, 0.3) is 5.91 Å². The molecule has 1 aromatic heterocycles. The summed E-state index contributed by atoms with van der Waals surface area (Å²) < 4.78 is 0. The number of carbonyl (C=O) groups is 1. The first kappa shape index (κ1) is 13.9. The highest BCUT2D eigenvalue weighted by atomic mass is 35.5. The van der Waals surface area contributed by atoms with E-state index in [4.69, 9.17) is 5.73 Å². The molecular formula is C12H18ClN3O. The van der Waals surface area contributed by atoms with Crippen molar-refractivity contribution in [2.45, 2.75) is 25.8 Å². The van der Waals surface area contributed by atoms with Crippen molar-refractivity contribution in [1.82, 2.24) is 10.3 Å². The third kappa shape index (κ3) is 4.32. The van der Waals surface area contributed by atoms with Gasteiger partial charge < -0.3 is 11.1 Å². The van der Waals surface area contributed by atoms with Gasteiger partial charge in [-0.15, -0.1) is 12.4 Å². The molecule has 0 aromatic carbocycles. The van der Waals surface area contributed by atoms with E-state index >= 15 is 0 Å². The predicted octanol–water partition coefficient (Wildman–Crippen LogP) is 1.49. The van der Waals surface area contributed by atoms with Crippen molar-refractivity contribution >= 4 is 18.3 Å². The van der Waals surface area contributed by atoms with Gasteiger partial charge in [0.05, 0.1) is 5.69 Å². The molecule has 1 aliphatic rings. The molecule has 17 heavy (non-hydrogen) atoms. The van der Waals surface area contributed by atoms with Crippen LogP contribution in [0.15, 0.2) is 18.3 Å². The standard InChI is InChI=1S/C12H17N3O.ClH/c13-8-11-7-10(4-6-14-11)12(16)15-5-3-9-1-2-9;/h4,6-7,9H,1-3,5,8,13H2,(H,15,16);1H. The van der Waals surface area contributed by atoms with Crippen LogP contribution in [0.25, 0.3) is 0 Å². The molecule has 3 N–H and O–H groups in total. The van der Waals surface area contributed by atoms with Crippen LogP contribution >= 0.6 is 12.4 Å². The van der Waals surface area contributed by atoms with Crippen LogP contribution in [0.5, 0.6) is 0 Å². The summed E-state index contributed by atoms with van der Waals surface area (Å²) in [5.41, 5.74) is 6.86. The summed E-state index contributed by atoms with van der Waals surface area (Å²) in [4.78, 5) is 15.8. The van der Waals surface area contributed by atoms with Crippen LogP contribution in [0.1, 0.15) is 35.3 Å². The van der Waals surface area contributed by atoms with Crippen LogP contribution in [-0.4, -0.2) is 17.4 Å². The zero-order valence-electron chi connectivity index (χ0n) is 9.69. The number of amides is 1. The second-order valence-corrected chi connectivity index (χ2v) is 4.23. The smallest absolute Gasteiger partial charge is 0.251 e. The maximum absolute atomic E-state index is 11.7. The summed E-state index contributed by atoms with van der Waals surface area (Å²) in [6.45, 7) is 1.13. The van der Waals surface area contributed by atoms with Gasteiger partial charge in [0.2, 0.25) is 0 Å². The number of hydrogen-bond acceptors (Lipinski definition) is 3. The van der Waals surface area contributed by atoms with E-state index in [0.717, 1.165) is 24.6 Å². The number of halogens is 1. The molecule has 1 aromatic rings. The number of aromatic nitrogens is 1. The van der Waals surface area contributed by atoms with Crippen LogP contribution in [0.4, 0.5) is 0 Å². The molecular weight excluding hydrogens is 238 g/mol. The Morgan fingerprint density at radius 3 is 2.94 bits per heavy atom. The minimum Gasteiger partial charge on any atom is -0.352 e. The summed E-state index contributed by atoms with van der Waals surface area (Å²) in [6, 6.07) is 3.46. The molecule has 1 aliphatic carbocycles. The molecule has 0 aliphatic heterocycles. The average Bonchev–Trinajstić information content (AvgIpc) is 3.13. The van der Waals surface area contributed by atoms with E-state index in [1.807, 2.05) is 0 Å². The Morgan fingerprint density at radius 2 is 2.29 bits per heavy atom. The third-order valence-corrected chi connectivity index (χ3v) is 2.82. The molecule has 0 radical (unpaired) electrons. The molecule has 5 heteroatoms. The molecule has 0 saturated heterocycles. The molecule has 0 bridgehead atoms. The highest BCUT2D eigenvalue weighted by Crippen LogP contribution is 2.31. The minimum absolute atomic E-state index is 0. The monoisotopic (exact) mass is 255 g/mol. The molecule has 0 spiro atoms. The summed E-state index contributed by atoms with van der Waals surface area (Å²) in [7, 11) is 0. The lowest BCUT2D eigenvalue weighted by Crippen LogP contribution is -2.25. The second-order valence-electron chi connectivity index (χ2n) is 4.23. The summed E-state index contributed by atoms with van der Waals surface area (Å²) in [5, 5.41) is 2.91. The average molecular weight is 256 g/mol. The van der Waals surface area contributed by atoms with E-state index in [2.05, 4.69) is 10.3 Å². The molecule has 1 amide bonds. The van der Waals surface area contributed by atoms with Crippen LogP contribution < -0.4 is 11.1 Å². The summed E-state index contributed by atoms with van der Waals surface area (Å²) >= 11 is 0. The van der Waals surface area contributed by atoms with Crippen molar-refractivity contribution in [2.24, 2.45) is 11.7 Å². The highest BCUT2D eigenvalue weighted by molar-refractivity contribution is 5.94. The third-order valence-electron chi connectivity index (χ3n) is 2.82. The minimum atomic E-state index is -0.0299. The highest BCUT2D eigenvalue weighted by Gasteiger charge is 2.20. The van der Waals surface area contributed by atoms with Gasteiger partial charge in [0, 0.05) is 24.8 Å². The number of pyridine rings is 1. The van der Waals surface area contributed by atoms with Crippen LogP contribution in [0, 0.1) is 5.92 Å². The Hall–Kier alpha value is -1.13. The molecule has 2 rings (SSSR count). The fraction of sp³-hybridized carbons (Fsp3) is 0.500. The SMILES string of the molecule is Cl.NCc1cc(C(=O)NCCC2CC2)ccn1. The molecule has 1 saturated carbocycles. The van der Waals surface area contributed by atoms with Crippen molar-refractivity contribution < 1.29 is 4.79 Å². The van der Waals surface area contributed by atoms with Gasteiger partial charge in [-0.1, -0.05) is 12.8 Å². The maximum Gasteiger partial charge on any atom is 0.251 e. The quantitative estimate of drug-likeness (QED) is 0.838. The maximum atomic E-state index is 11.7. The molecule has 0 unspecified atom stereocenters. The molecule has 1 heterocycles. The van der Waals surface area contributed by atoms with E-state index in [0.29, 0.717) is 12.1 Å². The van der Waals surface area contributed by atoms with Crippen LogP contribution in [0.2, 0.25) is 0 Å². The van der Waals surface area contributed by atoms with Crippen molar-refractivity contribution in [3.8, 4) is 0 Å². The van der Waals surface area contributed by atoms with Gasteiger partial charge in [-0.05, 0) is 24.5 Å². The summed E-state index contributed by atoms with van der Waals surface area (Å²) in [6.07, 6.45) is 5.36.